The fourth-order valence-corrected chi connectivity index (χ4v) is 2.36. The number of nitrogens with one attached hydrogen (secondary N) is 1. The first-order valence-corrected chi connectivity index (χ1v) is 6.83. The van der Waals surface area contributed by atoms with E-state index in [0.717, 1.165) is 25.8 Å². The van der Waals surface area contributed by atoms with E-state index in [2.05, 4.69) is 12.3 Å². The summed E-state index contributed by atoms with van der Waals surface area (Å²) >= 11 is 0. The van der Waals surface area contributed by atoms with E-state index in [4.69, 9.17) is 10.7 Å². The van der Waals surface area contributed by atoms with Crippen LogP contribution in [0.1, 0.15) is 32.6 Å². The molecule has 1 aliphatic rings. The van der Waals surface area contributed by atoms with Gasteiger partial charge in [0.25, 0.3) is 0 Å². The summed E-state index contributed by atoms with van der Waals surface area (Å²) in [5.74, 6) is -0.0273. The van der Waals surface area contributed by atoms with Gasteiger partial charge in [0.1, 0.15) is 15.4 Å². The molecule has 0 radical (unpaired) electrons. The van der Waals surface area contributed by atoms with Crippen molar-refractivity contribution in [1.82, 2.24) is 10.4 Å². The molecule has 0 spiro atoms. The Hall–Kier alpha value is -0.130. The van der Waals surface area contributed by atoms with Crippen LogP contribution in [0, 0.1) is 0 Å². The molecule has 14 heavy (non-hydrogen) atoms. The Labute approximate surface area is 90.9 Å². The Kier molecular flexibility index (Phi) is 4.84. The van der Waals surface area contributed by atoms with Crippen molar-refractivity contribution < 1.29 is 9.00 Å². The standard InChI is InChI=1S/C8H15ClN2O2S/c1-2-3-4-5-10-11-7(12)6-8(11)14(9)13/h8,10H,2-6H2,1H3. The average molecular weight is 239 g/mol. The molecule has 6 heteroatoms. The largest absolute Gasteiger partial charge is 0.273 e. The molecule has 0 aromatic rings. The van der Waals surface area contributed by atoms with Gasteiger partial charge in [-0.3, -0.25) is 9.80 Å². The first kappa shape index (κ1) is 11.9. The highest BCUT2D eigenvalue weighted by molar-refractivity contribution is 8.08. The molecule has 0 saturated carbocycles. The van der Waals surface area contributed by atoms with Gasteiger partial charge in [0.05, 0.1) is 6.42 Å². The molecule has 82 valence electrons. The van der Waals surface area contributed by atoms with Crippen LogP contribution in [-0.2, 0) is 14.8 Å². The maximum absolute atomic E-state index is 11.1. The lowest BCUT2D eigenvalue weighted by molar-refractivity contribution is -0.146. The summed E-state index contributed by atoms with van der Waals surface area (Å²) < 4.78 is 10.9. The number of halogens is 1. The Bertz CT molecular complexity index is 237. The van der Waals surface area contributed by atoms with Gasteiger partial charge in [0, 0.05) is 6.54 Å². The van der Waals surface area contributed by atoms with E-state index < -0.39 is 10.0 Å². The molecule has 1 heterocycles. The minimum Gasteiger partial charge on any atom is -0.273 e. The van der Waals surface area contributed by atoms with Gasteiger partial charge >= 0.3 is 0 Å². The van der Waals surface area contributed by atoms with Gasteiger partial charge in [0.2, 0.25) is 5.91 Å². The van der Waals surface area contributed by atoms with Crippen LogP contribution in [0.25, 0.3) is 0 Å². The van der Waals surface area contributed by atoms with Gasteiger partial charge in [-0.05, 0) is 17.1 Å². The van der Waals surface area contributed by atoms with Crippen molar-refractivity contribution in [2.75, 3.05) is 6.54 Å². The topological polar surface area (TPSA) is 49.4 Å². The molecule has 1 rings (SSSR count). The van der Waals surface area contributed by atoms with Crippen molar-refractivity contribution in [3.05, 3.63) is 0 Å². The second kappa shape index (κ2) is 5.68. The highest BCUT2D eigenvalue weighted by Crippen LogP contribution is 2.21. The number of rotatable bonds is 6. The number of carbonyl (C=O) groups is 1. The molecule has 0 aliphatic carbocycles. The molecule has 1 fully saturated rings. The monoisotopic (exact) mass is 238 g/mol. The maximum atomic E-state index is 11.1. The molecule has 1 amide bonds. The third kappa shape index (κ3) is 2.93. The molecule has 1 aliphatic heterocycles. The van der Waals surface area contributed by atoms with Crippen LogP contribution in [-0.4, -0.2) is 27.0 Å². The van der Waals surface area contributed by atoms with Gasteiger partial charge in [-0.2, -0.15) is 0 Å². The smallest absolute Gasteiger partial charge is 0.241 e. The van der Waals surface area contributed by atoms with Gasteiger partial charge in [-0.1, -0.05) is 19.8 Å². The van der Waals surface area contributed by atoms with Gasteiger partial charge in [-0.15, -0.1) is 0 Å². The molecule has 4 nitrogen and oxygen atoms in total. The third-order valence-electron chi connectivity index (χ3n) is 2.18. The number of nitrogens with zero attached hydrogens (tertiary/aromatic N) is 1. The number of hydrogen-bond donors (Lipinski definition) is 1. The first-order chi connectivity index (χ1) is 6.66. The maximum Gasteiger partial charge on any atom is 0.241 e. The van der Waals surface area contributed by atoms with E-state index in [-0.39, 0.29) is 17.7 Å². The van der Waals surface area contributed by atoms with Crippen molar-refractivity contribution in [2.45, 2.75) is 38.0 Å². The summed E-state index contributed by atoms with van der Waals surface area (Å²) in [6.07, 6.45) is 3.57. The SMILES string of the molecule is CCCCCNN1C(=O)CC1S(=O)Cl. The van der Waals surface area contributed by atoms with Crippen LogP contribution in [0.3, 0.4) is 0 Å². The van der Waals surface area contributed by atoms with Crippen molar-refractivity contribution in [1.29, 1.82) is 0 Å². The molecular weight excluding hydrogens is 224 g/mol. The van der Waals surface area contributed by atoms with E-state index in [9.17, 15) is 9.00 Å². The van der Waals surface area contributed by atoms with Crippen molar-refractivity contribution in [3.63, 3.8) is 0 Å². The van der Waals surface area contributed by atoms with E-state index in [0.29, 0.717) is 0 Å². The van der Waals surface area contributed by atoms with Crippen LogP contribution in [0.2, 0.25) is 0 Å². The minimum absolute atomic E-state index is 0.0273. The molecule has 1 N–H and O–H groups in total. The first-order valence-electron chi connectivity index (χ1n) is 4.79. The van der Waals surface area contributed by atoms with Crippen molar-refractivity contribution in [2.24, 2.45) is 0 Å². The Morgan fingerprint density at radius 1 is 1.64 bits per heavy atom. The van der Waals surface area contributed by atoms with Crippen LogP contribution in [0.4, 0.5) is 0 Å². The number of carbonyl (C=O) groups excluding carboxylic acids is 1. The van der Waals surface area contributed by atoms with Gasteiger partial charge < -0.3 is 0 Å². The third-order valence-corrected chi connectivity index (χ3v) is 3.60. The summed E-state index contributed by atoms with van der Waals surface area (Å²) in [5, 5.41) is 1.05. The lowest BCUT2D eigenvalue weighted by Crippen LogP contribution is -2.60. The minimum atomic E-state index is -1.47. The number of amides is 1. The zero-order valence-electron chi connectivity index (χ0n) is 8.16. The molecule has 0 aromatic carbocycles. The molecule has 0 bridgehead atoms. The van der Waals surface area contributed by atoms with E-state index in [1.165, 1.54) is 5.01 Å². The number of hydrogen-bond acceptors (Lipinski definition) is 3. The normalized spacial score (nSPS) is 23.4. The summed E-state index contributed by atoms with van der Waals surface area (Å²) in [6.45, 7) is 2.86. The quantitative estimate of drug-likeness (QED) is 0.429. The molecule has 1 saturated heterocycles. The fourth-order valence-electron chi connectivity index (χ4n) is 1.30. The van der Waals surface area contributed by atoms with E-state index in [1.807, 2.05) is 0 Å². The average Bonchev–Trinajstić information content (AvgIpc) is 2.13. The van der Waals surface area contributed by atoms with Crippen LogP contribution in [0.15, 0.2) is 0 Å². The Morgan fingerprint density at radius 2 is 2.36 bits per heavy atom. The molecule has 2 unspecified atom stereocenters. The van der Waals surface area contributed by atoms with E-state index in [1.54, 1.807) is 0 Å². The summed E-state index contributed by atoms with van der Waals surface area (Å²) in [7, 11) is 3.95. The summed E-state index contributed by atoms with van der Waals surface area (Å²) in [6, 6.07) is 0. The fraction of sp³-hybridized carbons (Fsp3) is 0.875. The Balaban J connectivity index is 2.22. The number of hydrazine groups is 1. The lowest BCUT2D eigenvalue weighted by atomic mass is 10.2. The molecule has 0 aromatic heterocycles. The van der Waals surface area contributed by atoms with Gasteiger partial charge in [-0.25, -0.2) is 9.63 Å². The van der Waals surface area contributed by atoms with Crippen LogP contribution < -0.4 is 5.43 Å². The summed E-state index contributed by atoms with van der Waals surface area (Å²) in [5.41, 5.74) is 2.94. The Morgan fingerprint density at radius 3 is 2.86 bits per heavy atom. The van der Waals surface area contributed by atoms with Crippen LogP contribution in [0.5, 0.6) is 0 Å². The molecular formula is C8H15ClN2O2S. The van der Waals surface area contributed by atoms with Crippen molar-refractivity contribution in [3.8, 4) is 0 Å². The zero-order chi connectivity index (χ0) is 10.6. The number of unbranched alkanes of at least 4 members (excludes halogenated alkanes) is 2. The van der Waals surface area contributed by atoms with Crippen molar-refractivity contribution >= 4 is 26.6 Å². The highest BCUT2D eigenvalue weighted by atomic mass is 35.7. The highest BCUT2D eigenvalue weighted by Gasteiger charge is 2.39. The predicted octanol–water partition coefficient (Wildman–Crippen LogP) is 1.14. The second-order valence-electron chi connectivity index (χ2n) is 3.29. The van der Waals surface area contributed by atoms with E-state index >= 15 is 0 Å². The second-order valence-corrected chi connectivity index (χ2v) is 5.24. The zero-order valence-corrected chi connectivity index (χ0v) is 9.74. The summed E-state index contributed by atoms with van der Waals surface area (Å²) in [4.78, 5) is 11.1. The lowest BCUT2D eigenvalue weighted by Gasteiger charge is -2.37. The molecule has 2 atom stereocenters. The number of β-lactam (4-membered cyclic amide) rings is 1. The van der Waals surface area contributed by atoms with Crippen LogP contribution >= 0.6 is 10.7 Å². The predicted molar refractivity (Wildman–Crippen MR) is 56.8 cm³/mol. The van der Waals surface area contributed by atoms with Gasteiger partial charge in [0.15, 0.2) is 0 Å².